The monoisotopic (exact) mass is 333 g/mol. The van der Waals surface area contributed by atoms with E-state index in [4.69, 9.17) is 5.73 Å². The van der Waals surface area contributed by atoms with Crippen molar-refractivity contribution in [1.29, 1.82) is 0 Å². The molecule has 1 aromatic heterocycles. The van der Waals surface area contributed by atoms with Crippen molar-refractivity contribution in [3.63, 3.8) is 0 Å². The lowest BCUT2D eigenvalue weighted by Crippen LogP contribution is -2.19. The van der Waals surface area contributed by atoms with E-state index in [0.717, 1.165) is 5.82 Å². The van der Waals surface area contributed by atoms with Crippen LogP contribution in [0.3, 0.4) is 0 Å². The fourth-order valence-electron chi connectivity index (χ4n) is 2.08. The molecule has 0 saturated heterocycles. The van der Waals surface area contributed by atoms with E-state index in [2.05, 4.69) is 15.5 Å². The third-order valence-electron chi connectivity index (χ3n) is 3.18. The molecule has 0 bridgehead atoms. The molecule has 1 heterocycles. The van der Waals surface area contributed by atoms with E-state index in [-0.39, 0.29) is 23.1 Å². The average molecular weight is 333 g/mol. The number of thioether (sulfide) groups is 1. The Kier molecular flexibility index (Phi) is 5.38. The summed E-state index contributed by atoms with van der Waals surface area (Å²) >= 11 is 1.29. The smallest absolute Gasteiger partial charge is 0.250 e. The van der Waals surface area contributed by atoms with Crippen molar-refractivity contribution in [3.05, 3.63) is 35.7 Å². The van der Waals surface area contributed by atoms with Crippen molar-refractivity contribution in [1.82, 2.24) is 14.8 Å². The summed E-state index contributed by atoms with van der Waals surface area (Å²) in [6.07, 6.45) is 0. The second-order valence-corrected chi connectivity index (χ2v) is 6.24. The number of amides is 2. The topological polar surface area (TPSA) is 103 Å². The first-order valence-electron chi connectivity index (χ1n) is 7.11. The van der Waals surface area contributed by atoms with E-state index < -0.39 is 5.91 Å². The minimum absolute atomic E-state index is 0.164. The van der Waals surface area contributed by atoms with Crippen LogP contribution in [-0.4, -0.2) is 32.3 Å². The number of anilines is 1. The lowest BCUT2D eigenvalue weighted by Gasteiger charge is -2.09. The zero-order valence-electron chi connectivity index (χ0n) is 13.2. The van der Waals surface area contributed by atoms with E-state index in [1.807, 2.05) is 25.5 Å². The first-order valence-corrected chi connectivity index (χ1v) is 8.09. The van der Waals surface area contributed by atoms with Crippen LogP contribution in [0.25, 0.3) is 0 Å². The Bertz CT molecular complexity index is 726. The number of carbonyl (C=O) groups is 2. The molecule has 0 saturated carbocycles. The van der Waals surface area contributed by atoms with E-state index in [1.54, 1.807) is 24.3 Å². The summed E-state index contributed by atoms with van der Waals surface area (Å²) in [4.78, 5) is 23.4. The third-order valence-corrected chi connectivity index (χ3v) is 4.20. The van der Waals surface area contributed by atoms with Crippen molar-refractivity contribution >= 4 is 29.3 Å². The summed E-state index contributed by atoms with van der Waals surface area (Å²) in [6.45, 7) is 4.07. The van der Waals surface area contributed by atoms with Crippen molar-refractivity contribution in [2.24, 2.45) is 12.8 Å². The van der Waals surface area contributed by atoms with E-state index in [1.165, 1.54) is 11.8 Å². The standard InChI is InChI=1S/C15H19N5O2S/c1-9(2)14-18-19-15(20(14)3)23-8-12(21)17-11-7-5-4-6-10(11)13(16)22/h4-7,9H,8H2,1-3H3,(H2,16,22)(H,17,21). The zero-order valence-corrected chi connectivity index (χ0v) is 14.1. The number of primary amides is 1. The van der Waals surface area contributed by atoms with Crippen LogP contribution in [0.15, 0.2) is 29.4 Å². The molecular weight excluding hydrogens is 314 g/mol. The van der Waals surface area contributed by atoms with Crippen LogP contribution >= 0.6 is 11.8 Å². The molecule has 0 unspecified atom stereocenters. The number of carbonyl (C=O) groups excluding carboxylic acids is 2. The van der Waals surface area contributed by atoms with Crippen LogP contribution in [0.2, 0.25) is 0 Å². The highest BCUT2D eigenvalue weighted by molar-refractivity contribution is 7.99. The Hall–Kier alpha value is -2.35. The lowest BCUT2D eigenvalue weighted by molar-refractivity contribution is -0.113. The van der Waals surface area contributed by atoms with Gasteiger partial charge in [-0.15, -0.1) is 10.2 Å². The van der Waals surface area contributed by atoms with Crippen molar-refractivity contribution in [2.45, 2.75) is 24.9 Å². The van der Waals surface area contributed by atoms with Crippen LogP contribution in [0.1, 0.15) is 35.9 Å². The van der Waals surface area contributed by atoms with E-state index in [0.29, 0.717) is 10.8 Å². The molecule has 23 heavy (non-hydrogen) atoms. The maximum atomic E-state index is 12.1. The van der Waals surface area contributed by atoms with Crippen molar-refractivity contribution < 1.29 is 9.59 Å². The van der Waals surface area contributed by atoms with Gasteiger partial charge in [0.15, 0.2) is 5.16 Å². The number of hydrogen-bond donors (Lipinski definition) is 2. The fraction of sp³-hybridized carbons (Fsp3) is 0.333. The molecule has 1 aromatic carbocycles. The maximum absolute atomic E-state index is 12.1. The number of benzene rings is 1. The second kappa shape index (κ2) is 7.28. The molecule has 122 valence electrons. The van der Waals surface area contributed by atoms with Crippen LogP contribution in [0.4, 0.5) is 5.69 Å². The lowest BCUT2D eigenvalue weighted by atomic mass is 10.1. The molecule has 0 aliphatic carbocycles. The number of rotatable bonds is 6. The summed E-state index contributed by atoms with van der Waals surface area (Å²) in [7, 11) is 1.87. The second-order valence-electron chi connectivity index (χ2n) is 5.30. The largest absolute Gasteiger partial charge is 0.366 e. The molecule has 0 atom stereocenters. The molecule has 2 aromatic rings. The molecular formula is C15H19N5O2S. The summed E-state index contributed by atoms with van der Waals surface area (Å²) in [5, 5.41) is 11.6. The number of aromatic nitrogens is 3. The molecule has 0 spiro atoms. The first-order chi connectivity index (χ1) is 10.9. The van der Waals surface area contributed by atoms with Gasteiger partial charge in [0.1, 0.15) is 5.82 Å². The third kappa shape index (κ3) is 4.10. The summed E-state index contributed by atoms with van der Waals surface area (Å²) in [6, 6.07) is 6.63. The van der Waals surface area contributed by atoms with Gasteiger partial charge in [-0.1, -0.05) is 37.7 Å². The van der Waals surface area contributed by atoms with Gasteiger partial charge in [0, 0.05) is 13.0 Å². The quantitative estimate of drug-likeness (QED) is 0.784. The number of nitrogens with zero attached hydrogens (tertiary/aromatic N) is 3. The van der Waals surface area contributed by atoms with Gasteiger partial charge in [-0.3, -0.25) is 9.59 Å². The molecule has 2 amide bonds. The predicted octanol–water partition coefficient (Wildman–Crippen LogP) is 1.77. The molecule has 3 N–H and O–H groups in total. The van der Waals surface area contributed by atoms with Crippen LogP contribution in [-0.2, 0) is 11.8 Å². The Labute approximate surface area is 138 Å². The number of nitrogens with one attached hydrogen (secondary N) is 1. The molecule has 0 radical (unpaired) electrons. The fourth-order valence-corrected chi connectivity index (χ4v) is 2.80. The highest BCUT2D eigenvalue weighted by Crippen LogP contribution is 2.20. The molecule has 0 fully saturated rings. The highest BCUT2D eigenvalue weighted by atomic mass is 32.2. The van der Waals surface area contributed by atoms with Gasteiger partial charge in [0.2, 0.25) is 5.91 Å². The Morgan fingerprint density at radius 1 is 1.30 bits per heavy atom. The number of nitrogens with two attached hydrogens (primary N) is 1. The molecule has 0 aliphatic heterocycles. The Morgan fingerprint density at radius 2 is 2.00 bits per heavy atom. The maximum Gasteiger partial charge on any atom is 0.250 e. The van der Waals surface area contributed by atoms with E-state index >= 15 is 0 Å². The summed E-state index contributed by atoms with van der Waals surface area (Å²) in [5.74, 6) is 0.475. The van der Waals surface area contributed by atoms with Crippen LogP contribution < -0.4 is 11.1 Å². The van der Waals surface area contributed by atoms with Gasteiger partial charge >= 0.3 is 0 Å². The predicted molar refractivity (Wildman–Crippen MR) is 89.4 cm³/mol. The number of hydrogen-bond acceptors (Lipinski definition) is 5. The summed E-state index contributed by atoms with van der Waals surface area (Å²) in [5.41, 5.74) is 5.98. The van der Waals surface area contributed by atoms with Crippen LogP contribution in [0, 0.1) is 0 Å². The van der Waals surface area contributed by atoms with Gasteiger partial charge < -0.3 is 15.6 Å². The van der Waals surface area contributed by atoms with Crippen molar-refractivity contribution in [2.75, 3.05) is 11.1 Å². The Morgan fingerprint density at radius 3 is 2.61 bits per heavy atom. The van der Waals surface area contributed by atoms with Gasteiger partial charge in [-0.25, -0.2) is 0 Å². The average Bonchev–Trinajstić information content (AvgIpc) is 2.86. The molecule has 7 nitrogen and oxygen atoms in total. The first kappa shape index (κ1) is 17.0. The minimum atomic E-state index is -0.580. The Balaban J connectivity index is 2.00. The highest BCUT2D eigenvalue weighted by Gasteiger charge is 2.15. The van der Waals surface area contributed by atoms with Crippen LogP contribution in [0.5, 0.6) is 0 Å². The number of para-hydroxylation sites is 1. The van der Waals surface area contributed by atoms with Gasteiger partial charge in [-0.05, 0) is 12.1 Å². The summed E-state index contributed by atoms with van der Waals surface area (Å²) < 4.78 is 1.87. The van der Waals surface area contributed by atoms with E-state index in [9.17, 15) is 9.59 Å². The zero-order chi connectivity index (χ0) is 17.0. The van der Waals surface area contributed by atoms with Gasteiger partial charge in [0.25, 0.3) is 5.91 Å². The molecule has 0 aliphatic rings. The molecule has 2 rings (SSSR count). The van der Waals surface area contributed by atoms with Gasteiger partial charge in [0.05, 0.1) is 17.0 Å². The van der Waals surface area contributed by atoms with Crippen molar-refractivity contribution in [3.8, 4) is 0 Å². The normalized spacial score (nSPS) is 10.8. The minimum Gasteiger partial charge on any atom is -0.366 e. The SMILES string of the molecule is CC(C)c1nnc(SCC(=O)Nc2ccccc2C(N)=O)n1C. The van der Waals surface area contributed by atoms with Gasteiger partial charge in [-0.2, -0.15) is 0 Å². The molecule has 8 heteroatoms.